The summed E-state index contributed by atoms with van der Waals surface area (Å²) in [4.78, 5) is 11.8. The van der Waals surface area contributed by atoms with Crippen LogP contribution in [0.4, 0.5) is 5.69 Å². The smallest absolute Gasteiger partial charge is 0.259 e. The third-order valence-electron chi connectivity index (χ3n) is 2.83. The van der Waals surface area contributed by atoms with Crippen LogP contribution in [-0.4, -0.2) is 28.9 Å². The number of hydrogen-bond acceptors (Lipinski definition) is 5. The second-order valence-electron chi connectivity index (χ2n) is 4.64. The molecule has 126 valence electrons. The van der Waals surface area contributed by atoms with Gasteiger partial charge in [-0.2, -0.15) is 5.10 Å². The average molecular weight is 478 g/mol. The zero-order chi connectivity index (χ0) is 17.7. The van der Waals surface area contributed by atoms with E-state index >= 15 is 0 Å². The maximum Gasteiger partial charge on any atom is 0.259 e. The van der Waals surface area contributed by atoms with Crippen LogP contribution in [0.3, 0.4) is 0 Å². The Labute approximate surface area is 159 Å². The number of rotatable bonds is 5. The van der Waals surface area contributed by atoms with Crippen LogP contribution in [-0.2, 0) is 4.79 Å². The SMILES string of the molecule is O=C(CNc1c(Br)cc(Cl)cc1Br)NN=Cc1ccc(O)c(O)c1. The lowest BCUT2D eigenvalue weighted by Crippen LogP contribution is -2.26. The van der Waals surface area contributed by atoms with Gasteiger partial charge in [-0.3, -0.25) is 4.79 Å². The summed E-state index contributed by atoms with van der Waals surface area (Å²) in [6, 6.07) is 7.62. The molecule has 24 heavy (non-hydrogen) atoms. The lowest BCUT2D eigenvalue weighted by Gasteiger charge is -2.10. The van der Waals surface area contributed by atoms with Gasteiger partial charge in [-0.15, -0.1) is 0 Å². The maximum atomic E-state index is 11.8. The molecule has 0 aromatic heterocycles. The van der Waals surface area contributed by atoms with Crippen LogP contribution in [0.1, 0.15) is 5.56 Å². The van der Waals surface area contributed by atoms with Crippen LogP contribution in [0.15, 0.2) is 44.4 Å². The van der Waals surface area contributed by atoms with Gasteiger partial charge in [-0.25, -0.2) is 5.43 Å². The van der Waals surface area contributed by atoms with Crippen molar-refractivity contribution in [3.8, 4) is 11.5 Å². The number of nitrogens with zero attached hydrogens (tertiary/aromatic N) is 1. The molecule has 6 nitrogen and oxygen atoms in total. The van der Waals surface area contributed by atoms with Crippen LogP contribution >= 0.6 is 43.5 Å². The summed E-state index contributed by atoms with van der Waals surface area (Å²) in [5.41, 5.74) is 3.58. The molecule has 0 radical (unpaired) electrons. The maximum absolute atomic E-state index is 11.8. The number of nitrogens with one attached hydrogen (secondary N) is 2. The quantitative estimate of drug-likeness (QED) is 0.299. The number of halogens is 3. The molecule has 9 heteroatoms. The number of aromatic hydroxyl groups is 2. The summed E-state index contributed by atoms with van der Waals surface area (Å²) in [7, 11) is 0. The van der Waals surface area contributed by atoms with E-state index < -0.39 is 0 Å². The van der Waals surface area contributed by atoms with Crippen LogP contribution in [0.5, 0.6) is 11.5 Å². The molecule has 4 N–H and O–H groups in total. The molecule has 0 aliphatic rings. The van der Waals surface area contributed by atoms with Crippen molar-refractivity contribution in [2.24, 2.45) is 5.10 Å². The van der Waals surface area contributed by atoms with E-state index in [0.29, 0.717) is 16.3 Å². The molecular formula is C15H12Br2ClN3O3. The first-order valence-electron chi connectivity index (χ1n) is 6.59. The topological polar surface area (TPSA) is 94.0 Å². The van der Waals surface area contributed by atoms with Crippen molar-refractivity contribution in [2.75, 3.05) is 11.9 Å². The number of phenolic OH excluding ortho intramolecular Hbond substituents is 2. The summed E-state index contributed by atoms with van der Waals surface area (Å²) in [6.07, 6.45) is 1.35. The van der Waals surface area contributed by atoms with Crippen molar-refractivity contribution < 1.29 is 15.0 Å². The minimum absolute atomic E-state index is 0.00298. The van der Waals surface area contributed by atoms with Gasteiger partial charge in [0.2, 0.25) is 0 Å². The van der Waals surface area contributed by atoms with Crippen LogP contribution in [0.2, 0.25) is 5.02 Å². The Morgan fingerprint density at radius 2 is 1.83 bits per heavy atom. The number of amides is 1. The van der Waals surface area contributed by atoms with Gasteiger partial charge >= 0.3 is 0 Å². The van der Waals surface area contributed by atoms with Gasteiger partial charge < -0.3 is 15.5 Å². The second-order valence-corrected chi connectivity index (χ2v) is 6.78. The Bertz CT molecular complexity index is 777. The Balaban J connectivity index is 1.90. The van der Waals surface area contributed by atoms with Gasteiger partial charge in [0.25, 0.3) is 5.91 Å². The fraction of sp³-hybridized carbons (Fsp3) is 0.0667. The largest absolute Gasteiger partial charge is 0.504 e. The van der Waals surface area contributed by atoms with Crippen molar-refractivity contribution in [1.82, 2.24) is 5.43 Å². The molecule has 0 spiro atoms. The van der Waals surface area contributed by atoms with Crippen LogP contribution in [0, 0.1) is 0 Å². The van der Waals surface area contributed by atoms with Gasteiger partial charge in [0, 0.05) is 14.0 Å². The first-order chi connectivity index (χ1) is 11.4. The number of anilines is 1. The highest BCUT2D eigenvalue weighted by Crippen LogP contribution is 2.33. The number of benzene rings is 2. The monoisotopic (exact) mass is 475 g/mol. The van der Waals surface area contributed by atoms with Gasteiger partial charge in [0.15, 0.2) is 11.5 Å². The lowest BCUT2D eigenvalue weighted by atomic mass is 10.2. The Morgan fingerprint density at radius 1 is 1.17 bits per heavy atom. The van der Waals surface area contributed by atoms with Crippen molar-refractivity contribution in [3.63, 3.8) is 0 Å². The summed E-state index contributed by atoms with van der Waals surface area (Å²) in [6.45, 7) is -0.00298. The third kappa shape index (κ3) is 5.12. The lowest BCUT2D eigenvalue weighted by molar-refractivity contribution is -0.119. The van der Waals surface area contributed by atoms with E-state index in [9.17, 15) is 15.0 Å². The van der Waals surface area contributed by atoms with Gasteiger partial charge in [-0.05, 0) is 67.8 Å². The molecule has 0 fully saturated rings. The average Bonchev–Trinajstić information content (AvgIpc) is 2.49. The van der Waals surface area contributed by atoms with Crippen LogP contribution < -0.4 is 10.7 Å². The van der Waals surface area contributed by atoms with E-state index in [1.54, 1.807) is 18.2 Å². The predicted octanol–water partition coefficient (Wildman–Crippen LogP) is 3.84. The molecule has 0 heterocycles. The molecule has 0 bridgehead atoms. The van der Waals surface area contributed by atoms with E-state index in [2.05, 4.69) is 47.7 Å². The van der Waals surface area contributed by atoms with E-state index in [4.69, 9.17) is 11.6 Å². The molecule has 1 amide bonds. The predicted molar refractivity (Wildman–Crippen MR) is 101 cm³/mol. The molecule has 0 aliphatic carbocycles. The second kappa shape index (κ2) is 8.36. The number of phenols is 2. The number of hydrazone groups is 1. The molecule has 0 saturated heterocycles. The summed E-state index contributed by atoms with van der Waals surface area (Å²) >= 11 is 12.6. The molecular weight excluding hydrogens is 465 g/mol. The minimum atomic E-state index is -0.358. The normalized spacial score (nSPS) is 10.8. The highest BCUT2D eigenvalue weighted by atomic mass is 79.9. The molecule has 0 aliphatic heterocycles. The summed E-state index contributed by atoms with van der Waals surface area (Å²) < 4.78 is 1.44. The highest BCUT2D eigenvalue weighted by Gasteiger charge is 2.08. The Kier molecular flexibility index (Phi) is 6.47. The molecule has 2 aromatic rings. The standard InChI is InChI=1S/C15H12Br2ClN3O3/c16-10-4-9(18)5-11(17)15(10)19-7-14(24)21-20-6-8-1-2-12(22)13(23)3-8/h1-6,19,22-23H,7H2,(H,21,24). The number of carbonyl (C=O) groups is 1. The van der Waals surface area contributed by atoms with E-state index in [1.807, 2.05) is 0 Å². The number of carbonyl (C=O) groups excluding carboxylic acids is 1. The van der Waals surface area contributed by atoms with Crippen LogP contribution in [0.25, 0.3) is 0 Å². The summed E-state index contributed by atoms with van der Waals surface area (Å²) in [5.74, 6) is -0.841. The van der Waals surface area contributed by atoms with Crippen molar-refractivity contribution >= 4 is 61.3 Å². The molecule has 0 unspecified atom stereocenters. The van der Waals surface area contributed by atoms with Gasteiger partial charge in [0.05, 0.1) is 18.4 Å². The van der Waals surface area contributed by atoms with Crippen molar-refractivity contribution in [3.05, 3.63) is 49.9 Å². The first-order valence-corrected chi connectivity index (χ1v) is 8.55. The minimum Gasteiger partial charge on any atom is -0.504 e. The Hall–Kier alpha value is -1.77. The van der Waals surface area contributed by atoms with E-state index in [1.165, 1.54) is 18.3 Å². The van der Waals surface area contributed by atoms with Crippen molar-refractivity contribution in [2.45, 2.75) is 0 Å². The summed E-state index contributed by atoms with van der Waals surface area (Å²) in [5, 5.41) is 25.9. The zero-order valence-corrected chi connectivity index (χ0v) is 16.0. The van der Waals surface area contributed by atoms with E-state index in [0.717, 1.165) is 8.95 Å². The van der Waals surface area contributed by atoms with Crippen molar-refractivity contribution in [1.29, 1.82) is 0 Å². The first kappa shape index (κ1) is 18.6. The Morgan fingerprint density at radius 3 is 2.46 bits per heavy atom. The number of hydrogen-bond donors (Lipinski definition) is 4. The highest BCUT2D eigenvalue weighted by molar-refractivity contribution is 9.11. The zero-order valence-electron chi connectivity index (χ0n) is 12.1. The fourth-order valence-corrected chi connectivity index (χ4v) is 3.67. The van der Waals surface area contributed by atoms with Gasteiger partial charge in [0.1, 0.15) is 0 Å². The molecule has 2 rings (SSSR count). The molecule has 0 atom stereocenters. The van der Waals surface area contributed by atoms with E-state index in [-0.39, 0.29) is 24.0 Å². The fourth-order valence-electron chi connectivity index (χ4n) is 1.72. The molecule has 2 aromatic carbocycles. The molecule has 0 saturated carbocycles. The van der Waals surface area contributed by atoms with Gasteiger partial charge in [-0.1, -0.05) is 11.6 Å². The third-order valence-corrected chi connectivity index (χ3v) is 4.30.